The molecule has 0 saturated carbocycles. The average molecular weight is 474 g/mol. The van der Waals surface area contributed by atoms with Crippen LogP contribution in [-0.4, -0.2) is 68.5 Å². The molecule has 2 bridgehead atoms. The SMILES string of the molecule is CNC(=O)[C@@H]1[C@H]2C(=O)N([C@@H](CO)Cc3ccccc3)C(C(=O)NC(C)(C)C)C23CC[C@@]1(C)S3. The molecule has 3 heterocycles. The minimum absolute atomic E-state index is 0.148. The number of fused-ring (bicyclic) bond motifs is 1. The van der Waals surface area contributed by atoms with Crippen LogP contribution >= 0.6 is 11.8 Å². The summed E-state index contributed by atoms with van der Waals surface area (Å²) in [5.41, 5.74) is 0.515. The van der Waals surface area contributed by atoms with E-state index >= 15 is 0 Å². The minimum atomic E-state index is -0.739. The highest BCUT2D eigenvalue weighted by molar-refractivity contribution is 8.02. The molecule has 3 saturated heterocycles. The Hall–Kier alpha value is -2.06. The first-order chi connectivity index (χ1) is 15.5. The Morgan fingerprint density at radius 2 is 1.88 bits per heavy atom. The van der Waals surface area contributed by atoms with Crippen molar-refractivity contribution in [1.82, 2.24) is 15.5 Å². The maximum atomic E-state index is 14.1. The third kappa shape index (κ3) is 3.85. The summed E-state index contributed by atoms with van der Waals surface area (Å²) in [6.07, 6.45) is 1.91. The number of rotatable bonds is 6. The van der Waals surface area contributed by atoms with Crippen LogP contribution in [0.15, 0.2) is 30.3 Å². The number of aliphatic hydroxyl groups is 1. The summed E-state index contributed by atoms with van der Waals surface area (Å²) in [6.45, 7) is 7.55. The summed E-state index contributed by atoms with van der Waals surface area (Å²) < 4.78 is -1.07. The molecule has 7 nitrogen and oxygen atoms in total. The molecule has 0 radical (unpaired) electrons. The Morgan fingerprint density at radius 3 is 2.45 bits per heavy atom. The van der Waals surface area contributed by atoms with E-state index in [0.29, 0.717) is 12.8 Å². The molecule has 3 aliphatic heterocycles. The zero-order valence-electron chi connectivity index (χ0n) is 20.1. The van der Waals surface area contributed by atoms with Crippen LogP contribution in [0.4, 0.5) is 0 Å². The van der Waals surface area contributed by atoms with Gasteiger partial charge >= 0.3 is 0 Å². The topological polar surface area (TPSA) is 98.7 Å². The maximum absolute atomic E-state index is 14.1. The second kappa shape index (κ2) is 8.31. The molecule has 180 valence electrons. The van der Waals surface area contributed by atoms with Crippen LogP contribution in [0, 0.1) is 11.8 Å². The van der Waals surface area contributed by atoms with Crippen molar-refractivity contribution in [2.45, 2.75) is 74.1 Å². The normalized spacial score (nSPS) is 33.7. The Bertz CT molecular complexity index is 949. The van der Waals surface area contributed by atoms with E-state index in [2.05, 4.69) is 17.6 Å². The van der Waals surface area contributed by atoms with E-state index < -0.39 is 34.2 Å². The number of benzene rings is 1. The molecule has 1 spiro atoms. The van der Waals surface area contributed by atoms with Crippen molar-refractivity contribution in [3.05, 3.63) is 35.9 Å². The van der Waals surface area contributed by atoms with Crippen molar-refractivity contribution in [3.8, 4) is 0 Å². The number of amides is 3. The monoisotopic (exact) mass is 473 g/mol. The van der Waals surface area contributed by atoms with E-state index in [-0.39, 0.29) is 29.1 Å². The summed E-state index contributed by atoms with van der Waals surface area (Å²) in [6, 6.07) is 8.40. The molecule has 0 aromatic heterocycles. The van der Waals surface area contributed by atoms with Crippen LogP contribution in [0.5, 0.6) is 0 Å². The molecule has 1 aromatic carbocycles. The van der Waals surface area contributed by atoms with Gasteiger partial charge in [0.2, 0.25) is 17.7 Å². The predicted molar refractivity (Wildman–Crippen MR) is 129 cm³/mol. The fourth-order valence-electron chi connectivity index (χ4n) is 6.19. The second-order valence-electron chi connectivity index (χ2n) is 10.9. The molecule has 0 aliphatic carbocycles. The molecule has 3 fully saturated rings. The summed E-state index contributed by atoms with van der Waals surface area (Å²) >= 11 is 1.64. The number of aliphatic hydroxyl groups excluding tert-OH is 1. The third-order valence-electron chi connectivity index (χ3n) is 7.41. The first-order valence-electron chi connectivity index (χ1n) is 11.7. The molecule has 8 heteroatoms. The van der Waals surface area contributed by atoms with Crippen LogP contribution in [0.25, 0.3) is 0 Å². The van der Waals surface area contributed by atoms with E-state index in [1.165, 1.54) is 0 Å². The Labute approximate surface area is 200 Å². The highest BCUT2D eigenvalue weighted by Gasteiger charge is 2.77. The van der Waals surface area contributed by atoms with Crippen molar-refractivity contribution in [1.29, 1.82) is 0 Å². The number of hydrogen-bond donors (Lipinski definition) is 3. The number of carbonyl (C=O) groups excluding carboxylic acids is 3. The molecule has 33 heavy (non-hydrogen) atoms. The number of likely N-dealkylation sites (tertiary alicyclic amines) is 1. The highest BCUT2D eigenvalue weighted by atomic mass is 32.2. The van der Waals surface area contributed by atoms with Crippen molar-refractivity contribution in [2.24, 2.45) is 11.8 Å². The van der Waals surface area contributed by atoms with Crippen LogP contribution in [-0.2, 0) is 20.8 Å². The molecule has 3 amide bonds. The Balaban J connectivity index is 1.79. The number of carbonyl (C=O) groups is 3. The van der Waals surface area contributed by atoms with Gasteiger partial charge in [0, 0.05) is 17.3 Å². The van der Waals surface area contributed by atoms with Gasteiger partial charge in [0.1, 0.15) is 6.04 Å². The zero-order chi connectivity index (χ0) is 24.2. The summed E-state index contributed by atoms with van der Waals surface area (Å²) in [4.78, 5) is 42.4. The maximum Gasteiger partial charge on any atom is 0.244 e. The summed E-state index contributed by atoms with van der Waals surface area (Å²) in [5.74, 6) is -1.63. The van der Waals surface area contributed by atoms with Crippen LogP contribution in [0.3, 0.4) is 0 Å². The first-order valence-corrected chi connectivity index (χ1v) is 12.5. The molecule has 4 rings (SSSR count). The molecular formula is C25H35N3O4S. The lowest BCUT2D eigenvalue weighted by atomic mass is 9.66. The van der Waals surface area contributed by atoms with Crippen LogP contribution in [0.2, 0.25) is 0 Å². The fourth-order valence-corrected chi connectivity index (χ4v) is 8.53. The minimum Gasteiger partial charge on any atom is -0.394 e. The van der Waals surface area contributed by atoms with Gasteiger partial charge in [0.25, 0.3) is 0 Å². The number of nitrogens with zero attached hydrogens (tertiary/aromatic N) is 1. The van der Waals surface area contributed by atoms with Gasteiger partial charge in [0.15, 0.2) is 0 Å². The van der Waals surface area contributed by atoms with E-state index in [1.807, 2.05) is 51.1 Å². The van der Waals surface area contributed by atoms with Gasteiger partial charge in [-0.3, -0.25) is 14.4 Å². The first kappa shape index (κ1) is 24.1. The van der Waals surface area contributed by atoms with Gasteiger partial charge < -0.3 is 20.6 Å². The standard InChI is InChI=1S/C25H35N3O4S/c1-23(2,3)27-21(31)19-25-12-11-24(4,33-25)17(20(30)26-5)18(25)22(32)28(19)16(14-29)13-15-9-7-6-8-10-15/h6-10,16-19,29H,11-14H2,1-5H3,(H,26,30)(H,27,31)/t16-,17+,18+,19?,24-,25?/m1/s1. The van der Waals surface area contributed by atoms with Gasteiger partial charge in [-0.1, -0.05) is 30.3 Å². The van der Waals surface area contributed by atoms with Crippen molar-refractivity contribution in [3.63, 3.8) is 0 Å². The molecule has 1 aromatic rings. The predicted octanol–water partition coefficient (Wildman–Crippen LogP) is 1.73. The zero-order valence-corrected chi connectivity index (χ0v) is 20.9. The van der Waals surface area contributed by atoms with Crippen molar-refractivity contribution in [2.75, 3.05) is 13.7 Å². The van der Waals surface area contributed by atoms with E-state index in [0.717, 1.165) is 12.0 Å². The largest absolute Gasteiger partial charge is 0.394 e. The van der Waals surface area contributed by atoms with Gasteiger partial charge in [-0.15, -0.1) is 11.8 Å². The highest BCUT2D eigenvalue weighted by Crippen LogP contribution is 2.71. The fraction of sp³-hybridized carbons (Fsp3) is 0.640. The Kier molecular flexibility index (Phi) is 6.06. The van der Waals surface area contributed by atoms with Crippen LogP contribution < -0.4 is 10.6 Å². The number of thioether (sulfide) groups is 1. The lowest BCUT2D eigenvalue weighted by Gasteiger charge is -2.38. The van der Waals surface area contributed by atoms with Gasteiger partial charge in [-0.25, -0.2) is 0 Å². The van der Waals surface area contributed by atoms with Crippen molar-refractivity contribution >= 4 is 29.5 Å². The lowest BCUT2D eigenvalue weighted by Crippen LogP contribution is -2.59. The smallest absolute Gasteiger partial charge is 0.244 e. The molecule has 3 aliphatic rings. The van der Waals surface area contributed by atoms with Gasteiger partial charge in [0.05, 0.1) is 29.2 Å². The van der Waals surface area contributed by atoms with Gasteiger partial charge in [-0.05, 0) is 52.5 Å². The number of hydrogen-bond acceptors (Lipinski definition) is 5. The Morgan fingerprint density at radius 1 is 1.21 bits per heavy atom. The lowest BCUT2D eigenvalue weighted by molar-refractivity contribution is -0.143. The summed E-state index contributed by atoms with van der Waals surface area (Å²) in [7, 11) is 1.60. The second-order valence-corrected chi connectivity index (χ2v) is 12.7. The van der Waals surface area contributed by atoms with Crippen molar-refractivity contribution < 1.29 is 19.5 Å². The molecule has 6 atom stereocenters. The van der Waals surface area contributed by atoms with E-state index in [4.69, 9.17) is 0 Å². The van der Waals surface area contributed by atoms with E-state index in [1.54, 1.807) is 23.7 Å². The molecular weight excluding hydrogens is 438 g/mol. The average Bonchev–Trinajstić information content (AvgIpc) is 3.32. The number of nitrogens with one attached hydrogen (secondary N) is 2. The van der Waals surface area contributed by atoms with Gasteiger partial charge in [-0.2, -0.15) is 0 Å². The molecule has 3 N–H and O–H groups in total. The molecule has 2 unspecified atom stereocenters. The van der Waals surface area contributed by atoms with Crippen LogP contribution in [0.1, 0.15) is 46.1 Å². The third-order valence-corrected chi connectivity index (χ3v) is 9.39. The summed E-state index contributed by atoms with van der Waals surface area (Å²) in [5, 5.41) is 16.2. The quantitative estimate of drug-likeness (QED) is 0.585. The van der Waals surface area contributed by atoms with E-state index in [9.17, 15) is 19.5 Å².